The number of hydrogen-bond acceptors (Lipinski definition) is 6. The van der Waals surface area contributed by atoms with Crippen molar-refractivity contribution in [2.45, 2.75) is 36.5 Å². The standard InChI is InChI=1S/C29H28N2O5S/c1-20-18-30(26-17-24(33)25(19-32)36-26)28(35)31(27(20)34)37-29(21-11-5-2-6-12-21,22-13-7-3-8-14-22)23-15-9-4-10-16-23/h2-16,18,24-26,32-33H,17,19H2,1H3/t24-,25+,26+/m0/s1. The maximum absolute atomic E-state index is 13.9. The molecule has 7 nitrogen and oxygen atoms in total. The highest BCUT2D eigenvalue weighted by atomic mass is 32.2. The number of rotatable bonds is 7. The fourth-order valence-corrected chi connectivity index (χ4v) is 6.22. The molecular weight excluding hydrogens is 488 g/mol. The molecule has 4 aromatic rings. The summed E-state index contributed by atoms with van der Waals surface area (Å²) < 4.78 is 7.36. The number of nitrogens with zero attached hydrogens (tertiary/aromatic N) is 2. The number of benzene rings is 3. The van der Waals surface area contributed by atoms with Crippen LogP contribution < -0.4 is 11.2 Å². The van der Waals surface area contributed by atoms with Gasteiger partial charge in [-0.05, 0) is 35.6 Å². The van der Waals surface area contributed by atoms with Gasteiger partial charge in [-0.15, -0.1) is 0 Å². The Morgan fingerprint density at radius 1 is 0.892 bits per heavy atom. The highest BCUT2D eigenvalue weighted by Gasteiger charge is 2.40. The first kappa shape index (κ1) is 25.2. The first-order chi connectivity index (χ1) is 18.0. The molecule has 0 saturated carbocycles. The Hall–Kier alpha value is -3.43. The van der Waals surface area contributed by atoms with Crippen LogP contribution in [-0.4, -0.2) is 37.6 Å². The Balaban J connectivity index is 1.75. The molecule has 3 atom stereocenters. The molecule has 0 bridgehead atoms. The van der Waals surface area contributed by atoms with Crippen LogP contribution >= 0.6 is 11.9 Å². The molecule has 1 aliphatic heterocycles. The van der Waals surface area contributed by atoms with E-state index < -0.39 is 34.4 Å². The van der Waals surface area contributed by atoms with E-state index in [1.807, 2.05) is 91.0 Å². The molecule has 0 aliphatic carbocycles. The van der Waals surface area contributed by atoms with E-state index in [2.05, 4.69) is 0 Å². The van der Waals surface area contributed by atoms with Crippen molar-refractivity contribution >= 4 is 11.9 Å². The molecule has 2 heterocycles. The predicted octanol–water partition coefficient (Wildman–Crippen LogP) is 3.45. The van der Waals surface area contributed by atoms with E-state index in [0.29, 0.717) is 5.56 Å². The van der Waals surface area contributed by atoms with Crippen molar-refractivity contribution < 1.29 is 14.9 Å². The molecule has 1 aliphatic rings. The maximum atomic E-state index is 13.9. The van der Waals surface area contributed by atoms with Gasteiger partial charge < -0.3 is 14.9 Å². The minimum Gasteiger partial charge on any atom is -0.394 e. The lowest BCUT2D eigenvalue weighted by Gasteiger charge is -2.35. The second-order valence-corrected chi connectivity index (χ2v) is 10.2. The quantitative estimate of drug-likeness (QED) is 0.366. The van der Waals surface area contributed by atoms with Gasteiger partial charge in [0.05, 0.1) is 12.7 Å². The number of ether oxygens (including phenoxy) is 1. The molecule has 2 N–H and O–H groups in total. The number of aromatic nitrogens is 2. The summed E-state index contributed by atoms with van der Waals surface area (Å²) in [5.74, 6) is 0. The van der Waals surface area contributed by atoms with Crippen LogP contribution in [0.3, 0.4) is 0 Å². The third kappa shape index (κ3) is 4.57. The molecule has 1 aromatic heterocycles. The van der Waals surface area contributed by atoms with Crippen LogP contribution in [0.5, 0.6) is 0 Å². The molecule has 190 valence electrons. The maximum Gasteiger partial charge on any atom is 0.343 e. The summed E-state index contributed by atoms with van der Waals surface area (Å²) in [6.07, 6.45) is -0.900. The third-order valence-electron chi connectivity index (χ3n) is 6.71. The molecule has 3 aromatic carbocycles. The average Bonchev–Trinajstić information content (AvgIpc) is 3.32. The Bertz CT molecular complexity index is 1370. The van der Waals surface area contributed by atoms with Gasteiger partial charge in [0.1, 0.15) is 17.1 Å². The van der Waals surface area contributed by atoms with Gasteiger partial charge in [0, 0.05) is 18.2 Å². The Morgan fingerprint density at radius 3 is 1.81 bits per heavy atom. The van der Waals surface area contributed by atoms with Crippen molar-refractivity contribution in [1.82, 2.24) is 8.54 Å². The first-order valence-corrected chi connectivity index (χ1v) is 12.9. The molecule has 0 radical (unpaired) electrons. The first-order valence-electron chi connectivity index (χ1n) is 12.1. The molecule has 8 heteroatoms. The summed E-state index contributed by atoms with van der Waals surface area (Å²) in [7, 11) is 0. The zero-order chi connectivity index (χ0) is 26.0. The van der Waals surface area contributed by atoms with Crippen molar-refractivity contribution in [2.24, 2.45) is 0 Å². The SMILES string of the molecule is Cc1cn([C@H]2C[C@H](O)[C@@H](CO)O2)c(=O)n(SC(c2ccccc2)(c2ccccc2)c2ccccc2)c1=O. The Kier molecular flexibility index (Phi) is 7.17. The van der Waals surface area contributed by atoms with Crippen LogP contribution in [0.2, 0.25) is 0 Å². The van der Waals surface area contributed by atoms with Crippen LogP contribution in [0.15, 0.2) is 107 Å². The molecule has 1 saturated heterocycles. The summed E-state index contributed by atoms with van der Waals surface area (Å²) in [6.45, 7) is 1.29. The van der Waals surface area contributed by atoms with E-state index in [0.717, 1.165) is 28.6 Å². The molecule has 37 heavy (non-hydrogen) atoms. The lowest BCUT2D eigenvalue weighted by Crippen LogP contribution is -2.42. The molecule has 0 amide bonds. The number of aryl methyl sites for hydroxylation is 1. The van der Waals surface area contributed by atoms with Gasteiger partial charge >= 0.3 is 5.69 Å². The molecule has 0 unspecified atom stereocenters. The second-order valence-electron chi connectivity index (χ2n) is 9.09. The summed E-state index contributed by atoms with van der Waals surface area (Å²) in [4.78, 5) is 27.4. The van der Waals surface area contributed by atoms with Crippen LogP contribution in [0.25, 0.3) is 0 Å². The highest BCUT2D eigenvalue weighted by molar-refractivity contribution is 7.99. The Morgan fingerprint density at radius 2 is 1.38 bits per heavy atom. The van der Waals surface area contributed by atoms with Gasteiger partial charge in [0.2, 0.25) is 0 Å². The second kappa shape index (κ2) is 10.5. The van der Waals surface area contributed by atoms with Gasteiger partial charge in [-0.2, -0.15) is 3.97 Å². The van der Waals surface area contributed by atoms with Crippen molar-refractivity contribution in [1.29, 1.82) is 0 Å². The van der Waals surface area contributed by atoms with Gasteiger partial charge in [-0.3, -0.25) is 9.36 Å². The van der Waals surface area contributed by atoms with Crippen molar-refractivity contribution in [3.05, 3.63) is 140 Å². The summed E-state index contributed by atoms with van der Waals surface area (Å²) >= 11 is 1.15. The van der Waals surface area contributed by atoms with Crippen molar-refractivity contribution in [3.63, 3.8) is 0 Å². The third-order valence-corrected chi connectivity index (χ3v) is 8.20. The number of hydrogen-bond donors (Lipinski definition) is 2. The lowest BCUT2D eigenvalue weighted by atomic mass is 9.84. The molecule has 0 spiro atoms. The van der Waals surface area contributed by atoms with Gasteiger partial charge in [-0.25, -0.2) is 4.79 Å². The van der Waals surface area contributed by atoms with E-state index in [9.17, 15) is 19.8 Å². The minimum absolute atomic E-state index is 0.134. The fourth-order valence-electron chi connectivity index (χ4n) is 4.82. The molecular formula is C29H28N2O5S. The van der Waals surface area contributed by atoms with Crippen LogP contribution in [0, 0.1) is 6.92 Å². The van der Waals surface area contributed by atoms with Crippen molar-refractivity contribution in [2.75, 3.05) is 6.61 Å². The topological polar surface area (TPSA) is 93.7 Å². The average molecular weight is 517 g/mol. The normalized spacial score (nSPS) is 19.7. The van der Waals surface area contributed by atoms with Gasteiger partial charge in [0.15, 0.2) is 0 Å². The summed E-state index contributed by atoms with van der Waals surface area (Å²) in [5, 5.41) is 19.8. The van der Waals surface area contributed by atoms with Crippen LogP contribution in [0.1, 0.15) is 34.9 Å². The summed E-state index contributed by atoms with van der Waals surface area (Å²) in [6, 6.07) is 29.4. The van der Waals surface area contributed by atoms with E-state index >= 15 is 0 Å². The minimum atomic E-state index is -0.929. The van der Waals surface area contributed by atoms with E-state index in [1.54, 1.807) is 6.92 Å². The lowest BCUT2D eigenvalue weighted by molar-refractivity contribution is -0.0460. The zero-order valence-corrected chi connectivity index (χ0v) is 21.1. The van der Waals surface area contributed by atoms with Crippen LogP contribution in [0.4, 0.5) is 0 Å². The van der Waals surface area contributed by atoms with E-state index in [4.69, 9.17) is 4.74 Å². The predicted molar refractivity (Wildman–Crippen MR) is 144 cm³/mol. The highest BCUT2D eigenvalue weighted by Crippen LogP contribution is 2.48. The number of aliphatic hydroxyl groups excluding tert-OH is 2. The van der Waals surface area contributed by atoms with Crippen molar-refractivity contribution in [3.8, 4) is 0 Å². The number of aliphatic hydroxyl groups is 2. The van der Waals surface area contributed by atoms with E-state index in [1.165, 1.54) is 14.7 Å². The molecule has 1 fully saturated rings. The monoisotopic (exact) mass is 516 g/mol. The Labute approximate surface area is 218 Å². The molecule has 5 rings (SSSR count). The van der Waals surface area contributed by atoms with Gasteiger partial charge in [-0.1, -0.05) is 91.0 Å². The fraction of sp³-hybridized carbons (Fsp3) is 0.241. The van der Waals surface area contributed by atoms with Gasteiger partial charge in [0.25, 0.3) is 5.56 Å². The largest absolute Gasteiger partial charge is 0.394 e. The summed E-state index contributed by atoms with van der Waals surface area (Å²) in [5.41, 5.74) is 2.10. The zero-order valence-electron chi connectivity index (χ0n) is 20.3. The van der Waals surface area contributed by atoms with E-state index in [-0.39, 0.29) is 13.0 Å². The van der Waals surface area contributed by atoms with Crippen LogP contribution in [-0.2, 0) is 9.48 Å². The smallest absolute Gasteiger partial charge is 0.343 e.